The number of nitrogens with one attached hydrogen (secondary N) is 1. The van der Waals surface area contributed by atoms with Gasteiger partial charge in [0.1, 0.15) is 19.0 Å². The van der Waals surface area contributed by atoms with Crippen molar-refractivity contribution in [3.63, 3.8) is 0 Å². The molecule has 4 rings (SSSR count). The zero-order chi connectivity index (χ0) is 17.2. The first kappa shape index (κ1) is 15.7. The van der Waals surface area contributed by atoms with Gasteiger partial charge >= 0.3 is 6.03 Å². The van der Waals surface area contributed by atoms with E-state index in [9.17, 15) is 9.18 Å². The van der Waals surface area contributed by atoms with Crippen LogP contribution in [0.15, 0.2) is 36.4 Å². The van der Waals surface area contributed by atoms with Crippen LogP contribution in [0.1, 0.15) is 11.1 Å². The Bertz CT molecular complexity index is 809. The Labute approximate surface area is 145 Å². The molecule has 0 atom stereocenters. The van der Waals surface area contributed by atoms with Crippen molar-refractivity contribution >= 4 is 11.7 Å². The number of rotatable bonds is 3. The summed E-state index contributed by atoms with van der Waals surface area (Å²) >= 11 is 0. The standard InChI is InChI=1S/C19H19FN2O3/c20-15-2-1-3-16-14(15)7-9-22(16)19(23)21-8-6-13-4-5-17-18(12-13)25-11-10-24-17/h1-5,12H,6-11H2,(H,21,23). The van der Waals surface area contributed by atoms with Crippen molar-refractivity contribution in [2.45, 2.75) is 12.8 Å². The third-order valence-corrected chi connectivity index (χ3v) is 4.51. The van der Waals surface area contributed by atoms with E-state index >= 15 is 0 Å². The lowest BCUT2D eigenvalue weighted by Crippen LogP contribution is -2.39. The van der Waals surface area contributed by atoms with Crippen molar-refractivity contribution in [1.82, 2.24) is 5.32 Å². The maximum Gasteiger partial charge on any atom is 0.321 e. The molecule has 0 spiro atoms. The summed E-state index contributed by atoms with van der Waals surface area (Å²) in [5.41, 5.74) is 2.35. The number of hydrogen-bond donors (Lipinski definition) is 1. The second-order valence-corrected chi connectivity index (χ2v) is 6.10. The van der Waals surface area contributed by atoms with Crippen LogP contribution < -0.4 is 19.7 Å². The molecule has 2 aliphatic heterocycles. The summed E-state index contributed by atoms with van der Waals surface area (Å²) in [6.07, 6.45) is 1.24. The normalized spacial score (nSPS) is 15.0. The van der Waals surface area contributed by atoms with Crippen molar-refractivity contribution in [3.05, 3.63) is 53.3 Å². The number of halogens is 1. The van der Waals surface area contributed by atoms with Gasteiger partial charge < -0.3 is 14.8 Å². The van der Waals surface area contributed by atoms with Gasteiger partial charge in [-0.05, 0) is 42.7 Å². The quantitative estimate of drug-likeness (QED) is 0.933. The van der Waals surface area contributed by atoms with Crippen molar-refractivity contribution in [2.75, 3.05) is 31.2 Å². The summed E-state index contributed by atoms with van der Waals surface area (Å²) in [7, 11) is 0. The first-order chi connectivity index (χ1) is 12.2. The number of urea groups is 1. The molecule has 25 heavy (non-hydrogen) atoms. The molecule has 0 radical (unpaired) electrons. The van der Waals surface area contributed by atoms with E-state index in [1.54, 1.807) is 17.0 Å². The highest BCUT2D eigenvalue weighted by molar-refractivity contribution is 5.94. The molecule has 0 fully saturated rings. The molecule has 0 saturated heterocycles. The third-order valence-electron chi connectivity index (χ3n) is 4.51. The second-order valence-electron chi connectivity index (χ2n) is 6.10. The Morgan fingerprint density at radius 1 is 1.16 bits per heavy atom. The lowest BCUT2D eigenvalue weighted by atomic mass is 10.1. The highest BCUT2D eigenvalue weighted by atomic mass is 19.1. The van der Waals surface area contributed by atoms with Crippen LogP contribution >= 0.6 is 0 Å². The van der Waals surface area contributed by atoms with Gasteiger partial charge in [-0.2, -0.15) is 0 Å². The molecule has 2 amide bonds. The average molecular weight is 342 g/mol. The van der Waals surface area contributed by atoms with E-state index in [0.717, 1.165) is 17.1 Å². The topological polar surface area (TPSA) is 50.8 Å². The van der Waals surface area contributed by atoms with Crippen LogP contribution in [0, 0.1) is 5.82 Å². The zero-order valence-corrected chi connectivity index (χ0v) is 13.8. The Balaban J connectivity index is 1.35. The van der Waals surface area contributed by atoms with Crippen LogP contribution in [0.2, 0.25) is 0 Å². The van der Waals surface area contributed by atoms with Gasteiger partial charge in [-0.15, -0.1) is 0 Å². The summed E-state index contributed by atoms with van der Waals surface area (Å²) in [6.45, 7) is 2.13. The first-order valence-corrected chi connectivity index (χ1v) is 8.43. The minimum absolute atomic E-state index is 0.193. The fourth-order valence-electron chi connectivity index (χ4n) is 3.26. The molecular formula is C19H19FN2O3. The Morgan fingerprint density at radius 2 is 2.00 bits per heavy atom. The van der Waals surface area contributed by atoms with Crippen molar-refractivity contribution in [1.29, 1.82) is 0 Å². The molecular weight excluding hydrogens is 323 g/mol. The minimum Gasteiger partial charge on any atom is -0.486 e. The van der Waals surface area contributed by atoms with E-state index in [0.29, 0.717) is 50.4 Å². The third kappa shape index (κ3) is 3.12. The molecule has 0 saturated carbocycles. The number of ether oxygens (including phenoxy) is 2. The fourth-order valence-corrected chi connectivity index (χ4v) is 3.26. The maximum absolute atomic E-state index is 13.8. The predicted octanol–water partition coefficient (Wildman–Crippen LogP) is 2.91. The van der Waals surface area contributed by atoms with E-state index in [-0.39, 0.29) is 11.8 Å². The largest absolute Gasteiger partial charge is 0.486 e. The SMILES string of the molecule is O=C(NCCc1ccc2c(c1)OCCO2)N1CCc2c(F)cccc21. The Kier molecular flexibility index (Phi) is 4.17. The number of hydrogen-bond acceptors (Lipinski definition) is 3. The van der Waals surface area contributed by atoms with Gasteiger partial charge in [0.15, 0.2) is 11.5 Å². The number of fused-ring (bicyclic) bond motifs is 2. The predicted molar refractivity (Wildman–Crippen MR) is 92.0 cm³/mol. The molecule has 0 aromatic heterocycles. The lowest BCUT2D eigenvalue weighted by Gasteiger charge is -2.20. The van der Waals surface area contributed by atoms with E-state index in [1.807, 2.05) is 18.2 Å². The van der Waals surface area contributed by atoms with Gasteiger partial charge in [0.2, 0.25) is 0 Å². The molecule has 0 unspecified atom stereocenters. The molecule has 2 aliphatic rings. The van der Waals surface area contributed by atoms with Gasteiger partial charge in [0.05, 0.1) is 5.69 Å². The first-order valence-electron chi connectivity index (χ1n) is 8.43. The smallest absolute Gasteiger partial charge is 0.321 e. The molecule has 2 heterocycles. The highest BCUT2D eigenvalue weighted by Gasteiger charge is 2.26. The Morgan fingerprint density at radius 3 is 2.88 bits per heavy atom. The molecule has 2 aromatic rings. The molecule has 6 heteroatoms. The van der Waals surface area contributed by atoms with E-state index in [1.165, 1.54) is 6.07 Å². The maximum atomic E-state index is 13.8. The number of amides is 2. The second kappa shape index (κ2) is 6.63. The molecule has 130 valence electrons. The van der Waals surface area contributed by atoms with Crippen molar-refractivity contribution < 1.29 is 18.7 Å². The summed E-state index contributed by atoms with van der Waals surface area (Å²) in [5, 5.41) is 2.91. The minimum atomic E-state index is -0.246. The van der Waals surface area contributed by atoms with Crippen LogP contribution in [0.5, 0.6) is 11.5 Å². The highest BCUT2D eigenvalue weighted by Crippen LogP contribution is 2.31. The van der Waals surface area contributed by atoms with Gasteiger partial charge in [-0.1, -0.05) is 12.1 Å². The summed E-state index contributed by atoms with van der Waals surface area (Å²) in [6, 6.07) is 10.5. The fraction of sp³-hybridized carbons (Fsp3) is 0.316. The van der Waals surface area contributed by atoms with E-state index < -0.39 is 0 Å². The number of carbonyl (C=O) groups is 1. The van der Waals surface area contributed by atoms with Crippen LogP contribution in [0.4, 0.5) is 14.9 Å². The number of benzene rings is 2. The number of carbonyl (C=O) groups excluding carboxylic acids is 1. The van der Waals surface area contributed by atoms with Gasteiger partial charge in [-0.3, -0.25) is 4.90 Å². The monoisotopic (exact) mass is 342 g/mol. The van der Waals surface area contributed by atoms with Gasteiger partial charge in [0.25, 0.3) is 0 Å². The number of nitrogens with zero attached hydrogens (tertiary/aromatic N) is 1. The van der Waals surface area contributed by atoms with Crippen LogP contribution in [0.25, 0.3) is 0 Å². The molecule has 0 bridgehead atoms. The van der Waals surface area contributed by atoms with Crippen LogP contribution in [0.3, 0.4) is 0 Å². The van der Waals surface area contributed by atoms with E-state index in [4.69, 9.17) is 9.47 Å². The van der Waals surface area contributed by atoms with Gasteiger partial charge in [0, 0.05) is 18.7 Å². The van der Waals surface area contributed by atoms with Crippen molar-refractivity contribution in [2.24, 2.45) is 0 Å². The number of anilines is 1. The molecule has 2 aromatic carbocycles. The lowest BCUT2D eigenvalue weighted by molar-refractivity contribution is 0.171. The molecule has 5 nitrogen and oxygen atoms in total. The average Bonchev–Trinajstić information content (AvgIpc) is 3.07. The van der Waals surface area contributed by atoms with E-state index in [2.05, 4.69) is 5.32 Å². The van der Waals surface area contributed by atoms with Crippen LogP contribution in [-0.2, 0) is 12.8 Å². The molecule has 0 aliphatic carbocycles. The summed E-state index contributed by atoms with van der Waals surface area (Å²) < 4.78 is 24.8. The summed E-state index contributed by atoms with van der Waals surface area (Å²) in [4.78, 5) is 14.0. The van der Waals surface area contributed by atoms with Gasteiger partial charge in [-0.25, -0.2) is 9.18 Å². The van der Waals surface area contributed by atoms with Crippen LogP contribution in [-0.4, -0.2) is 32.3 Å². The Hall–Kier alpha value is -2.76. The molecule has 1 N–H and O–H groups in total. The summed E-state index contributed by atoms with van der Waals surface area (Å²) in [5.74, 6) is 1.26. The zero-order valence-electron chi connectivity index (χ0n) is 13.8. The van der Waals surface area contributed by atoms with Crippen molar-refractivity contribution in [3.8, 4) is 11.5 Å².